The molecule has 0 aliphatic carbocycles. The predicted molar refractivity (Wildman–Crippen MR) is 77.5 cm³/mol. The van der Waals surface area contributed by atoms with Crippen LogP contribution >= 0.6 is 0 Å². The molecule has 0 saturated carbocycles. The number of aromatic nitrogens is 3. The molecule has 24 heavy (non-hydrogen) atoms. The molecule has 1 aliphatic rings. The first-order valence-corrected chi connectivity index (χ1v) is 7.34. The molecule has 128 valence electrons. The minimum atomic E-state index is -4.43. The molecule has 3 heterocycles. The van der Waals surface area contributed by atoms with Crippen LogP contribution in [0.25, 0.3) is 0 Å². The summed E-state index contributed by atoms with van der Waals surface area (Å²) in [7, 11) is 0. The molecule has 1 aliphatic heterocycles. The first-order valence-electron chi connectivity index (χ1n) is 7.34. The molecule has 0 spiro atoms. The Morgan fingerprint density at radius 1 is 1.33 bits per heavy atom. The zero-order chi connectivity index (χ0) is 17.3. The number of hydrogen-bond acceptors (Lipinski definition) is 4. The topological polar surface area (TPSA) is 71.1 Å². The molecular formula is C15H15F3N4O2. The van der Waals surface area contributed by atoms with Crippen LogP contribution in [0.5, 0.6) is 5.88 Å². The van der Waals surface area contributed by atoms with Crippen LogP contribution in [0.1, 0.15) is 28.3 Å². The van der Waals surface area contributed by atoms with Crippen molar-refractivity contribution < 1.29 is 22.7 Å². The highest BCUT2D eigenvalue weighted by Gasteiger charge is 2.32. The number of ether oxygens (including phenoxy) is 1. The second-order valence-corrected chi connectivity index (χ2v) is 5.54. The van der Waals surface area contributed by atoms with Gasteiger partial charge in [-0.1, -0.05) is 0 Å². The standard InChI is InChI=1S/C15H15F3N4O2/c1-9-19-7-12(21-9)14(23)22-5-4-11(8-22)24-13-3-2-10(6-20-13)15(16,17)18/h2-3,6-7,11H,4-5,8H2,1H3,(H,19,21). The Hall–Kier alpha value is -2.58. The Bertz CT molecular complexity index is 727. The normalized spacial score (nSPS) is 18.0. The quantitative estimate of drug-likeness (QED) is 0.932. The number of imidazole rings is 1. The van der Waals surface area contributed by atoms with Gasteiger partial charge in [-0.25, -0.2) is 9.97 Å². The lowest BCUT2D eigenvalue weighted by molar-refractivity contribution is -0.137. The van der Waals surface area contributed by atoms with E-state index in [4.69, 9.17) is 4.74 Å². The number of likely N-dealkylation sites (tertiary alicyclic amines) is 1. The van der Waals surface area contributed by atoms with E-state index in [-0.39, 0.29) is 17.9 Å². The van der Waals surface area contributed by atoms with Crippen LogP contribution in [0.3, 0.4) is 0 Å². The molecule has 1 unspecified atom stereocenters. The lowest BCUT2D eigenvalue weighted by atomic mass is 10.3. The first-order chi connectivity index (χ1) is 11.3. The molecular weight excluding hydrogens is 325 g/mol. The number of carbonyl (C=O) groups excluding carboxylic acids is 1. The van der Waals surface area contributed by atoms with Crippen molar-refractivity contribution in [3.8, 4) is 5.88 Å². The lowest BCUT2D eigenvalue weighted by Gasteiger charge is -2.16. The van der Waals surface area contributed by atoms with Crippen LogP contribution in [0, 0.1) is 6.92 Å². The van der Waals surface area contributed by atoms with Gasteiger partial charge in [-0.3, -0.25) is 4.79 Å². The van der Waals surface area contributed by atoms with Gasteiger partial charge < -0.3 is 14.6 Å². The highest BCUT2D eigenvalue weighted by molar-refractivity contribution is 5.92. The molecule has 0 aromatic carbocycles. The Kier molecular flexibility index (Phi) is 4.16. The van der Waals surface area contributed by atoms with Gasteiger partial charge in [0, 0.05) is 25.2 Å². The minimum absolute atomic E-state index is 0.111. The van der Waals surface area contributed by atoms with Gasteiger partial charge in [0.2, 0.25) is 5.88 Å². The van der Waals surface area contributed by atoms with Crippen LogP contribution in [-0.2, 0) is 6.18 Å². The number of aryl methyl sites for hydroxylation is 1. The van der Waals surface area contributed by atoms with E-state index in [1.54, 1.807) is 11.8 Å². The maximum Gasteiger partial charge on any atom is 0.417 e. The van der Waals surface area contributed by atoms with Gasteiger partial charge >= 0.3 is 6.18 Å². The van der Waals surface area contributed by atoms with Gasteiger partial charge in [0.25, 0.3) is 5.91 Å². The summed E-state index contributed by atoms with van der Waals surface area (Å²) in [6.07, 6.45) is -1.93. The van der Waals surface area contributed by atoms with Gasteiger partial charge in [-0.15, -0.1) is 0 Å². The van der Waals surface area contributed by atoms with Gasteiger partial charge in [0.05, 0.1) is 18.3 Å². The summed E-state index contributed by atoms with van der Waals surface area (Å²) in [6, 6.07) is 2.11. The smallest absolute Gasteiger partial charge is 0.417 e. The van der Waals surface area contributed by atoms with E-state index in [0.29, 0.717) is 31.0 Å². The summed E-state index contributed by atoms with van der Waals surface area (Å²) in [5.74, 6) is 0.584. The van der Waals surface area contributed by atoms with Crippen molar-refractivity contribution in [2.24, 2.45) is 0 Å². The van der Waals surface area contributed by atoms with E-state index in [9.17, 15) is 18.0 Å². The van der Waals surface area contributed by atoms with Gasteiger partial charge in [-0.05, 0) is 13.0 Å². The number of aromatic amines is 1. The molecule has 3 rings (SSSR count). The predicted octanol–water partition coefficient (Wildman–Crippen LogP) is 2.43. The van der Waals surface area contributed by atoms with E-state index in [1.807, 2.05) is 0 Å². The average Bonchev–Trinajstić information content (AvgIpc) is 3.15. The summed E-state index contributed by atoms with van der Waals surface area (Å²) >= 11 is 0. The number of amides is 1. The fourth-order valence-corrected chi connectivity index (χ4v) is 2.50. The molecule has 2 aromatic rings. The van der Waals surface area contributed by atoms with Crippen molar-refractivity contribution in [1.82, 2.24) is 19.9 Å². The van der Waals surface area contributed by atoms with Gasteiger partial charge in [0.15, 0.2) is 0 Å². The summed E-state index contributed by atoms with van der Waals surface area (Å²) in [5.41, 5.74) is -0.423. The van der Waals surface area contributed by atoms with Crippen molar-refractivity contribution in [1.29, 1.82) is 0 Å². The van der Waals surface area contributed by atoms with Crippen molar-refractivity contribution in [3.63, 3.8) is 0 Å². The number of pyridine rings is 1. The van der Waals surface area contributed by atoms with Crippen molar-refractivity contribution >= 4 is 5.91 Å². The number of H-pyrrole nitrogens is 1. The van der Waals surface area contributed by atoms with E-state index in [1.165, 1.54) is 12.3 Å². The van der Waals surface area contributed by atoms with Crippen LogP contribution < -0.4 is 4.74 Å². The van der Waals surface area contributed by atoms with Gasteiger partial charge in [0.1, 0.15) is 17.6 Å². The van der Waals surface area contributed by atoms with E-state index >= 15 is 0 Å². The Morgan fingerprint density at radius 2 is 2.12 bits per heavy atom. The van der Waals surface area contributed by atoms with E-state index in [0.717, 1.165) is 12.3 Å². The molecule has 1 atom stereocenters. The van der Waals surface area contributed by atoms with Crippen molar-refractivity contribution in [3.05, 3.63) is 41.6 Å². The molecule has 9 heteroatoms. The number of alkyl halides is 3. The zero-order valence-corrected chi connectivity index (χ0v) is 12.8. The highest BCUT2D eigenvalue weighted by Crippen LogP contribution is 2.29. The summed E-state index contributed by atoms with van der Waals surface area (Å²) in [4.78, 5) is 24.4. The molecule has 1 N–H and O–H groups in total. The molecule has 0 radical (unpaired) electrons. The third-order valence-electron chi connectivity index (χ3n) is 3.72. The second-order valence-electron chi connectivity index (χ2n) is 5.54. The Balaban J connectivity index is 1.59. The number of hydrogen-bond donors (Lipinski definition) is 1. The van der Waals surface area contributed by atoms with Crippen molar-refractivity contribution in [2.45, 2.75) is 25.6 Å². The maximum atomic E-state index is 12.5. The van der Waals surface area contributed by atoms with Crippen LogP contribution in [0.15, 0.2) is 24.5 Å². The minimum Gasteiger partial charge on any atom is -0.472 e. The first kappa shape index (κ1) is 16.3. The molecule has 0 bridgehead atoms. The van der Waals surface area contributed by atoms with E-state index < -0.39 is 11.7 Å². The molecule has 1 fully saturated rings. The molecule has 1 saturated heterocycles. The van der Waals surface area contributed by atoms with E-state index in [2.05, 4.69) is 15.0 Å². The largest absolute Gasteiger partial charge is 0.472 e. The van der Waals surface area contributed by atoms with Crippen LogP contribution in [0.2, 0.25) is 0 Å². The zero-order valence-electron chi connectivity index (χ0n) is 12.8. The monoisotopic (exact) mass is 340 g/mol. The SMILES string of the molecule is Cc1ncc(C(=O)N2CCC(Oc3ccc(C(F)(F)F)cn3)C2)[nH]1. The fraction of sp³-hybridized carbons (Fsp3) is 0.400. The highest BCUT2D eigenvalue weighted by atomic mass is 19.4. The number of nitrogens with one attached hydrogen (secondary N) is 1. The number of carbonyl (C=O) groups is 1. The summed E-state index contributed by atoms with van der Waals surface area (Å²) in [6.45, 7) is 2.60. The second kappa shape index (κ2) is 6.14. The van der Waals surface area contributed by atoms with Crippen molar-refractivity contribution in [2.75, 3.05) is 13.1 Å². The third-order valence-corrected chi connectivity index (χ3v) is 3.72. The maximum absolute atomic E-state index is 12.5. The number of nitrogens with zero attached hydrogens (tertiary/aromatic N) is 3. The van der Waals surface area contributed by atoms with Crippen LogP contribution in [-0.4, -0.2) is 45.0 Å². The lowest BCUT2D eigenvalue weighted by Crippen LogP contribution is -2.31. The average molecular weight is 340 g/mol. The molecule has 1 amide bonds. The molecule has 2 aromatic heterocycles. The summed E-state index contributed by atoms with van der Waals surface area (Å²) < 4.78 is 43.0. The summed E-state index contributed by atoms with van der Waals surface area (Å²) in [5, 5.41) is 0. The van der Waals surface area contributed by atoms with Crippen LogP contribution in [0.4, 0.5) is 13.2 Å². The fourth-order valence-electron chi connectivity index (χ4n) is 2.50. The number of halogens is 3. The third kappa shape index (κ3) is 3.50. The Morgan fingerprint density at radius 3 is 2.71 bits per heavy atom. The molecule has 6 nitrogen and oxygen atoms in total. The Labute approximate surface area is 135 Å². The number of rotatable bonds is 3. The van der Waals surface area contributed by atoms with Gasteiger partial charge in [-0.2, -0.15) is 13.2 Å².